The number of benzene rings is 2. The van der Waals surface area contributed by atoms with Crippen molar-refractivity contribution in [3.8, 4) is 0 Å². The number of aliphatic hydroxyl groups is 2. The maximum Gasteiger partial charge on any atom is 1.00 e. The normalized spacial score (nSPS) is 12.7. The Bertz CT molecular complexity index is 1130. The number of carboxylic acid groups (broad SMARTS) is 1. The number of nitrogens with zero attached hydrogens (tertiary/aromatic N) is 4. The van der Waals surface area contributed by atoms with Gasteiger partial charge >= 0.3 is 29.6 Å². The van der Waals surface area contributed by atoms with Gasteiger partial charge in [0.25, 0.3) is 0 Å². The van der Waals surface area contributed by atoms with Crippen LogP contribution in [0.1, 0.15) is 36.7 Å². The molecule has 0 spiro atoms. The molecule has 0 aliphatic rings. The summed E-state index contributed by atoms with van der Waals surface area (Å²) in [5.41, 5.74) is 2.16. The van der Waals surface area contributed by atoms with Gasteiger partial charge in [0.05, 0.1) is 12.2 Å². The number of aromatic nitrogens is 4. The summed E-state index contributed by atoms with van der Waals surface area (Å²) < 4.78 is 28.8. The van der Waals surface area contributed by atoms with Crippen LogP contribution in [0.5, 0.6) is 0 Å². The monoisotopic (exact) mass is 492 g/mol. The molecule has 2 atom stereocenters. The van der Waals surface area contributed by atoms with Crippen LogP contribution in [0, 0.1) is 11.6 Å². The fourth-order valence-corrected chi connectivity index (χ4v) is 3.43. The summed E-state index contributed by atoms with van der Waals surface area (Å²) in [5.74, 6) is -1.96. The number of halogens is 2. The molecule has 0 amide bonds. The first-order chi connectivity index (χ1) is 16.3. The third-order valence-electron chi connectivity index (χ3n) is 5.01. The van der Waals surface area contributed by atoms with E-state index in [9.17, 15) is 28.9 Å². The molecule has 0 saturated carbocycles. The van der Waals surface area contributed by atoms with Crippen LogP contribution in [0.2, 0.25) is 0 Å². The summed E-state index contributed by atoms with van der Waals surface area (Å²) in [6.07, 6.45) is -0.437. The summed E-state index contributed by atoms with van der Waals surface area (Å²) >= 11 is 0. The number of hydrogen-bond donors (Lipinski definition) is 2. The van der Waals surface area contributed by atoms with Gasteiger partial charge in [0.2, 0.25) is 0 Å². The first-order valence-corrected chi connectivity index (χ1v) is 10.5. The van der Waals surface area contributed by atoms with Crippen molar-refractivity contribution in [2.24, 2.45) is 0 Å². The predicted octanol–water partition coefficient (Wildman–Crippen LogP) is -1.26. The topological polar surface area (TPSA) is 124 Å². The Morgan fingerprint density at radius 1 is 1.06 bits per heavy atom. The zero-order valence-corrected chi connectivity index (χ0v) is 21.3. The van der Waals surface area contributed by atoms with Crippen LogP contribution in [0.15, 0.2) is 60.7 Å². The summed E-state index contributed by atoms with van der Waals surface area (Å²) in [4.78, 5) is 10.7. The Morgan fingerprint density at radius 3 is 2.09 bits per heavy atom. The molecule has 3 aromatic rings. The number of aryl methyl sites for hydroxylation is 1. The number of carbonyl (C=O) groups excluding carboxylic acids is 1. The van der Waals surface area contributed by atoms with Crippen molar-refractivity contribution in [1.82, 2.24) is 20.2 Å². The van der Waals surface area contributed by atoms with Gasteiger partial charge in [-0.15, -0.1) is 5.10 Å². The number of aliphatic carboxylic acids is 1. The minimum Gasteiger partial charge on any atom is -0.550 e. The molecule has 11 heteroatoms. The fourth-order valence-electron chi connectivity index (χ4n) is 3.43. The number of hydrogen-bond acceptors (Lipinski definition) is 7. The fraction of sp³-hybridized carbons (Fsp3) is 0.250. The van der Waals surface area contributed by atoms with Crippen molar-refractivity contribution >= 4 is 17.1 Å². The zero-order chi connectivity index (χ0) is 24.7. The first kappa shape index (κ1) is 28.5. The Labute approximate surface area is 222 Å². The second-order valence-electron chi connectivity index (χ2n) is 7.51. The number of aliphatic hydroxyl groups excluding tert-OH is 2. The quantitative estimate of drug-likeness (QED) is 0.268. The standard InChI is InChI=1S/C24H24F2N4O4.Na/c1-2-30-24(27-28-29-30)21(12-11-19(31)13-20(32)14-22(33)34)23(15-3-7-17(25)8-4-15)16-5-9-18(26)10-6-16;/h3-12,19-20,31-32H,2,13-14H2,1H3,(H,33,34);/q;+1/p-1. The van der Waals surface area contributed by atoms with E-state index in [1.165, 1.54) is 41.1 Å². The number of carbonyl (C=O) groups is 1. The summed E-state index contributed by atoms with van der Waals surface area (Å²) in [7, 11) is 0. The Morgan fingerprint density at radius 2 is 1.60 bits per heavy atom. The van der Waals surface area contributed by atoms with Gasteiger partial charge in [0, 0.05) is 30.9 Å². The molecular weight excluding hydrogens is 469 g/mol. The predicted molar refractivity (Wildman–Crippen MR) is 118 cm³/mol. The van der Waals surface area contributed by atoms with E-state index in [0.29, 0.717) is 34.6 Å². The van der Waals surface area contributed by atoms with Crippen molar-refractivity contribution in [1.29, 1.82) is 0 Å². The summed E-state index contributed by atoms with van der Waals surface area (Å²) in [5, 5.41) is 42.6. The van der Waals surface area contributed by atoms with Gasteiger partial charge in [-0.25, -0.2) is 13.5 Å². The maximum absolute atomic E-state index is 13.6. The smallest absolute Gasteiger partial charge is 0.550 e. The Hall–Kier alpha value is -2.76. The van der Waals surface area contributed by atoms with Gasteiger partial charge in [0.15, 0.2) is 5.82 Å². The molecule has 178 valence electrons. The molecular formula is C24H23F2N4NaO4. The van der Waals surface area contributed by atoms with Gasteiger partial charge in [-0.3, -0.25) is 0 Å². The van der Waals surface area contributed by atoms with E-state index in [2.05, 4.69) is 15.5 Å². The molecule has 0 bridgehead atoms. The summed E-state index contributed by atoms with van der Waals surface area (Å²) in [6.45, 7) is 2.26. The molecule has 1 heterocycles. The van der Waals surface area contributed by atoms with E-state index in [0.717, 1.165) is 0 Å². The molecule has 1 aromatic heterocycles. The van der Waals surface area contributed by atoms with Crippen LogP contribution < -0.4 is 34.7 Å². The number of allylic oxidation sites excluding steroid dienone is 2. The molecule has 3 rings (SSSR count). The Kier molecular flexibility index (Phi) is 10.9. The molecule has 0 fully saturated rings. The largest absolute Gasteiger partial charge is 1.00 e. The second-order valence-corrected chi connectivity index (χ2v) is 7.51. The third kappa shape index (κ3) is 7.87. The molecule has 0 aliphatic heterocycles. The van der Waals surface area contributed by atoms with Crippen molar-refractivity contribution in [2.75, 3.05) is 0 Å². The van der Waals surface area contributed by atoms with E-state index in [4.69, 9.17) is 0 Å². The van der Waals surface area contributed by atoms with Crippen LogP contribution in [-0.2, 0) is 11.3 Å². The van der Waals surface area contributed by atoms with Gasteiger partial charge in [0.1, 0.15) is 11.6 Å². The Balaban J connectivity index is 0.00000432. The van der Waals surface area contributed by atoms with E-state index >= 15 is 0 Å². The molecule has 0 radical (unpaired) electrons. The minimum atomic E-state index is -1.43. The van der Waals surface area contributed by atoms with Crippen molar-refractivity contribution in [3.05, 3.63) is 89.3 Å². The molecule has 0 aliphatic carbocycles. The third-order valence-corrected chi connectivity index (χ3v) is 5.01. The van der Waals surface area contributed by atoms with Crippen molar-refractivity contribution in [2.45, 2.75) is 38.5 Å². The van der Waals surface area contributed by atoms with Gasteiger partial charge in [-0.1, -0.05) is 36.4 Å². The summed E-state index contributed by atoms with van der Waals surface area (Å²) in [6, 6.07) is 11.4. The maximum atomic E-state index is 13.6. The van der Waals surface area contributed by atoms with Gasteiger partial charge < -0.3 is 20.1 Å². The van der Waals surface area contributed by atoms with Gasteiger partial charge in [-0.05, 0) is 58.3 Å². The molecule has 2 aromatic carbocycles. The average molecular weight is 492 g/mol. The molecule has 35 heavy (non-hydrogen) atoms. The minimum absolute atomic E-state index is 0. The van der Waals surface area contributed by atoms with Crippen molar-refractivity contribution < 1.29 is 58.5 Å². The van der Waals surface area contributed by atoms with Gasteiger partial charge in [-0.2, -0.15) is 0 Å². The van der Waals surface area contributed by atoms with Crippen LogP contribution in [-0.4, -0.2) is 48.6 Å². The van der Waals surface area contributed by atoms with E-state index in [-0.39, 0.29) is 36.0 Å². The van der Waals surface area contributed by atoms with E-state index < -0.39 is 36.2 Å². The molecule has 2 N–H and O–H groups in total. The number of tetrazole rings is 1. The van der Waals surface area contributed by atoms with E-state index in [1.807, 2.05) is 6.92 Å². The molecule has 2 unspecified atom stereocenters. The van der Waals surface area contributed by atoms with Crippen LogP contribution in [0.3, 0.4) is 0 Å². The second kappa shape index (κ2) is 13.4. The van der Waals surface area contributed by atoms with Crippen LogP contribution in [0.25, 0.3) is 11.1 Å². The van der Waals surface area contributed by atoms with Crippen molar-refractivity contribution in [3.63, 3.8) is 0 Å². The number of rotatable bonds is 10. The van der Waals surface area contributed by atoms with E-state index in [1.54, 1.807) is 24.3 Å². The number of carboxylic acids is 1. The zero-order valence-electron chi connectivity index (χ0n) is 19.3. The van der Waals surface area contributed by atoms with Crippen LogP contribution >= 0.6 is 0 Å². The molecule has 0 saturated heterocycles. The SMILES string of the molecule is CCn1nnnc1C(C=CC(O)CC(O)CC(=O)[O-])=C(c1ccc(F)cc1)c1ccc(F)cc1.[Na+]. The average Bonchev–Trinajstić information content (AvgIpc) is 3.26. The molecule has 8 nitrogen and oxygen atoms in total. The first-order valence-electron chi connectivity index (χ1n) is 10.5. The van der Waals surface area contributed by atoms with Crippen LogP contribution in [0.4, 0.5) is 8.78 Å².